The number of aliphatic imine (C=N–C) groups is 1. The van der Waals surface area contributed by atoms with Crippen LogP contribution in [0.2, 0.25) is 0 Å². The summed E-state index contributed by atoms with van der Waals surface area (Å²) in [6.07, 6.45) is 4.78. The Morgan fingerprint density at radius 2 is 2.05 bits per heavy atom. The molecule has 3 aliphatic heterocycles. The molecule has 3 N–H and O–H groups in total. The van der Waals surface area contributed by atoms with Crippen LogP contribution in [0.3, 0.4) is 0 Å². The van der Waals surface area contributed by atoms with Crippen molar-refractivity contribution in [2.75, 3.05) is 25.5 Å². The molecule has 0 radical (unpaired) electrons. The van der Waals surface area contributed by atoms with Crippen LogP contribution >= 0.6 is 11.3 Å². The van der Waals surface area contributed by atoms with Gasteiger partial charge in [-0.15, -0.1) is 11.3 Å². The molecule has 2 unspecified atom stereocenters. The summed E-state index contributed by atoms with van der Waals surface area (Å²) in [5.74, 6) is -0.387. The number of likely N-dealkylation sites (tertiary alicyclic amines) is 1. The number of nitrogens with two attached hydrogens (primary N) is 1. The number of halogens is 3. The summed E-state index contributed by atoms with van der Waals surface area (Å²) < 4.78 is 49.2. The first-order valence-corrected chi connectivity index (χ1v) is 13.5. The molecule has 10 heteroatoms. The summed E-state index contributed by atoms with van der Waals surface area (Å²) in [6, 6.07) is 1.22. The van der Waals surface area contributed by atoms with Crippen LogP contribution in [-0.2, 0) is 18.0 Å². The normalized spacial score (nSPS) is 20.8. The average molecular weight is 544 g/mol. The molecular weight excluding hydrogens is 511 g/mol. The van der Waals surface area contributed by atoms with Crippen molar-refractivity contribution >= 4 is 40.8 Å². The van der Waals surface area contributed by atoms with E-state index in [1.165, 1.54) is 12.6 Å². The fourth-order valence-corrected chi connectivity index (χ4v) is 5.98. The predicted molar refractivity (Wildman–Crippen MR) is 146 cm³/mol. The van der Waals surface area contributed by atoms with Crippen LogP contribution in [0.4, 0.5) is 18.2 Å². The van der Waals surface area contributed by atoms with Gasteiger partial charge in [0, 0.05) is 53.0 Å². The molecule has 6 nitrogen and oxygen atoms in total. The van der Waals surface area contributed by atoms with Gasteiger partial charge in [0.1, 0.15) is 22.7 Å². The molecule has 0 saturated carbocycles. The molecule has 0 spiro atoms. The predicted octanol–water partition coefficient (Wildman–Crippen LogP) is 4.61. The van der Waals surface area contributed by atoms with Gasteiger partial charge >= 0.3 is 0 Å². The Hall–Kier alpha value is -3.29. The summed E-state index contributed by atoms with van der Waals surface area (Å²) >= 11 is 0.970. The van der Waals surface area contributed by atoms with Gasteiger partial charge in [0.25, 0.3) is 0 Å². The Morgan fingerprint density at radius 3 is 2.71 bits per heavy atom. The number of nitriles is 1. The number of rotatable bonds is 3. The molecule has 38 heavy (non-hydrogen) atoms. The number of anilines is 1. The van der Waals surface area contributed by atoms with Crippen LogP contribution in [0, 0.1) is 23.1 Å². The van der Waals surface area contributed by atoms with Gasteiger partial charge in [-0.25, -0.2) is 13.8 Å². The molecule has 1 saturated heterocycles. The van der Waals surface area contributed by atoms with Crippen LogP contribution in [0.15, 0.2) is 11.2 Å². The standard InChI is InChI=1S/C25H24F3N5OS.C3H8/c1-12-16(7-31-13(2)33-4-3-14(5-26)9-33)17-10-34-11-18(17)20(22(12)28)23-21-15(6-29)25(30)35-24(21)19(27)8-32-23;1-3-2/h7-8,14,23,32H,1,3-5,9-11,30H2,2H3;3H2,1-2H3/b16-7+,31-13?;. The fraction of sp³-hybridized carbons (Fsp3) is 0.429. The average Bonchev–Trinajstić information content (AvgIpc) is 3.64. The molecule has 0 amide bonds. The van der Waals surface area contributed by atoms with E-state index in [1.54, 1.807) is 6.20 Å². The number of alkyl halides is 1. The van der Waals surface area contributed by atoms with Gasteiger partial charge < -0.3 is 20.7 Å². The molecular formula is C28H32F3N5OS. The second kappa shape index (κ2) is 11.6. The van der Waals surface area contributed by atoms with Crippen molar-refractivity contribution in [3.05, 3.63) is 55.1 Å². The minimum absolute atomic E-state index is 0.00846. The zero-order chi connectivity index (χ0) is 27.6. The number of thiophene rings is 1. The second-order valence-corrected chi connectivity index (χ2v) is 10.7. The number of nitrogen functional groups attached to an aromatic ring is 1. The van der Waals surface area contributed by atoms with Crippen LogP contribution in [0.25, 0.3) is 18.6 Å². The van der Waals surface area contributed by atoms with Crippen LogP contribution in [0.5, 0.6) is 0 Å². The van der Waals surface area contributed by atoms with E-state index in [1.807, 2.05) is 17.9 Å². The number of nitrogens with one attached hydrogen (secondary N) is 1. The van der Waals surface area contributed by atoms with Crippen molar-refractivity contribution in [1.29, 1.82) is 5.26 Å². The molecule has 2 aromatic rings. The van der Waals surface area contributed by atoms with Gasteiger partial charge in [-0.2, -0.15) is 5.26 Å². The van der Waals surface area contributed by atoms with E-state index < -0.39 is 17.7 Å². The lowest BCUT2D eigenvalue weighted by Crippen LogP contribution is -2.36. The van der Waals surface area contributed by atoms with Gasteiger partial charge in [-0.3, -0.25) is 4.39 Å². The van der Waals surface area contributed by atoms with Gasteiger partial charge in [-0.1, -0.05) is 26.8 Å². The smallest absolute Gasteiger partial charge is 0.156 e. The summed E-state index contributed by atoms with van der Waals surface area (Å²) in [5, 5.41) is 13.4. The van der Waals surface area contributed by atoms with E-state index >= 15 is 4.39 Å². The number of amidine groups is 1. The Labute approximate surface area is 224 Å². The van der Waals surface area contributed by atoms with Gasteiger partial charge in [0.05, 0.1) is 36.4 Å². The molecule has 0 bridgehead atoms. The van der Waals surface area contributed by atoms with E-state index in [4.69, 9.17) is 10.5 Å². The highest BCUT2D eigenvalue weighted by molar-refractivity contribution is 7.17. The maximum absolute atomic E-state index is 16.0. The lowest BCUT2D eigenvalue weighted by molar-refractivity contribution is 0.133. The Morgan fingerprint density at radius 1 is 1.34 bits per heavy atom. The Balaban J connectivity index is 0.00000107. The number of hydrogen-bond acceptors (Lipinski definition) is 6. The van der Waals surface area contributed by atoms with E-state index in [0.29, 0.717) is 22.9 Å². The minimum Gasteiger partial charge on any atom is -0.389 e. The molecule has 4 heterocycles. The van der Waals surface area contributed by atoms with Crippen molar-refractivity contribution in [1.82, 2.24) is 10.2 Å². The first kappa shape index (κ1) is 27.7. The van der Waals surface area contributed by atoms with Crippen molar-refractivity contribution < 1.29 is 17.9 Å². The minimum atomic E-state index is -0.815. The van der Waals surface area contributed by atoms with Gasteiger partial charge in [0.15, 0.2) is 5.83 Å². The van der Waals surface area contributed by atoms with E-state index in [2.05, 4.69) is 30.7 Å². The maximum atomic E-state index is 16.0. The number of benzene rings is 1. The van der Waals surface area contributed by atoms with Crippen molar-refractivity contribution in [2.24, 2.45) is 10.9 Å². The molecule has 3 aliphatic rings. The zero-order valence-corrected chi connectivity index (χ0v) is 22.7. The molecule has 1 aromatic heterocycles. The summed E-state index contributed by atoms with van der Waals surface area (Å²) in [5.41, 5.74) is 8.08. The zero-order valence-electron chi connectivity index (χ0n) is 21.8. The quantitative estimate of drug-likeness (QED) is 0.436. The summed E-state index contributed by atoms with van der Waals surface area (Å²) in [7, 11) is 0. The van der Waals surface area contributed by atoms with E-state index in [9.17, 15) is 14.0 Å². The van der Waals surface area contributed by atoms with Gasteiger partial charge in [0.2, 0.25) is 0 Å². The van der Waals surface area contributed by atoms with Crippen molar-refractivity contribution in [3.63, 3.8) is 0 Å². The lowest BCUT2D eigenvalue weighted by Gasteiger charge is -2.25. The highest BCUT2D eigenvalue weighted by Crippen LogP contribution is 2.45. The van der Waals surface area contributed by atoms with E-state index in [-0.39, 0.29) is 52.0 Å². The highest BCUT2D eigenvalue weighted by atomic mass is 32.1. The first-order valence-electron chi connectivity index (χ1n) is 12.7. The Bertz CT molecular complexity index is 1440. The molecule has 5 rings (SSSR count). The second-order valence-electron chi connectivity index (χ2n) is 9.63. The molecule has 1 fully saturated rings. The largest absolute Gasteiger partial charge is 0.389 e. The van der Waals surface area contributed by atoms with Crippen LogP contribution < -0.4 is 21.5 Å². The van der Waals surface area contributed by atoms with Crippen molar-refractivity contribution in [3.8, 4) is 6.07 Å². The molecule has 202 valence electrons. The third-order valence-electron chi connectivity index (χ3n) is 6.93. The van der Waals surface area contributed by atoms with Crippen LogP contribution in [0.1, 0.15) is 72.3 Å². The third-order valence-corrected chi connectivity index (χ3v) is 7.97. The van der Waals surface area contributed by atoms with Crippen molar-refractivity contribution in [2.45, 2.75) is 52.9 Å². The number of fused-ring (bicyclic) bond motifs is 2. The molecule has 0 aliphatic carbocycles. The van der Waals surface area contributed by atoms with Crippen LogP contribution in [-0.4, -0.2) is 30.5 Å². The topological polar surface area (TPSA) is 86.7 Å². The summed E-state index contributed by atoms with van der Waals surface area (Å²) in [4.78, 5) is 6.78. The monoisotopic (exact) mass is 543 g/mol. The van der Waals surface area contributed by atoms with E-state index in [0.717, 1.165) is 35.7 Å². The maximum Gasteiger partial charge on any atom is 0.156 e. The SMILES string of the molecule is C=c1c(F)c(C2NC=C(F)c3sc(N)c(C#N)c32)c2c(/c1=C/N=C(C)N1CCC(CF)C1)COC2.CCC. The summed E-state index contributed by atoms with van der Waals surface area (Å²) in [6.45, 7) is 11.5. The first-order chi connectivity index (χ1) is 18.3. The lowest BCUT2D eigenvalue weighted by atomic mass is 9.87. The number of nitrogens with zero attached hydrogens (tertiary/aromatic N) is 3. The fourth-order valence-electron chi connectivity index (χ4n) is 5.02. The Kier molecular flexibility index (Phi) is 8.48. The van der Waals surface area contributed by atoms with Gasteiger partial charge in [-0.05, 0) is 24.5 Å². The molecule has 1 aromatic carbocycles. The number of hydrogen-bond donors (Lipinski definition) is 2. The molecule has 2 atom stereocenters. The highest BCUT2D eigenvalue weighted by Gasteiger charge is 2.35. The third kappa shape index (κ3) is 4.93. The number of ether oxygens (including phenoxy) is 1.